The minimum Gasteiger partial charge on any atom is -0.322 e. The molecule has 5 heteroatoms. The van der Waals surface area contributed by atoms with Crippen LogP contribution in [0.2, 0.25) is 0 Å². The number of hydrogen-bond acceptors (Lipinski definition) is 4. The molecule has 0 aromatic heterocycles. The molecule has 0 aliphatic heterocycles. The van der Waals surface area contributed by atoms with E-state index in [-0.39, 0.29) is 0 Å². The predicted octanol–water partition coefficient (Wildman–Crippen LogP) is 1.000. The molecule has 3 nitrogen and oxygen atoms in total. The highest BCUT2D eigenvalue weighted by Crippen LogP contribution is 2.08. The molecule has 0 fully saturated rings. The van der Waals surface area contributed by atoms with Crippen molar-refractivity contribution in [2.45, 2.75) is 0 Å². The van der Waals surface area contributed by atoms with E-state index in [4.69, 9.17) is 5.84 Å². The van der Waals surface area contributed by atoms with Crippen LogP contribution in [0.4, 0.5) is 0 Å². The molecular weight excluding hydrogens is 225 g/mol. The van der Waals surface area contributed by atoms with E-state index >= 15 is 0 Å². The maximum Gasteiger partial charge on any atom is 0.175 e. The molecule has 0 radical (unpaired) electrons. The lowest BCUT2D eigenvalue weighted by Crippen LogP contribution is -1.83. The van der Waals surface area contributed by atoms with Crippen molar-refractivity contribution in [3.8, 4) is 0 Å². The van der Waals surface area contributed by atoms with Crippen molar-refractivity contribution in [2.24, 2.45) is 15.3 Å². The van der Waals surface area contributed by atoms with E-state index in [2.05, 4.69) is 16.2 Å². The van der Waals surface area contributed by atoms with E-state index in [0.29, 0.717) is 3.05 Å². The van der Waals surface area contributed by atoms with Crippen molar-refractivity contribution in [1.82, 2.24) is 0 Å². The maximum absolute atomic E-state index is 4.83. The predicted molar refractivity (Wildman–Crippen MR) is 42.8 cm³/mol. The summed E-state index contributed by atoms with van der Waals surface area (Å²) in [4.78, 5) is 0. The van der Waals surface area contributed by atoms with Crippen molar-refractivity contribution in [3.63, 3.8) is 0 Å². The highest BCUT2D eigenvalue weighted by molar-refractivity contribution is 14.1. The molecule has 0 spiro atoms. The van der Waals surface area contributed by atoms with Crippen LogP contribution in [0.1, 0.15) is 0 Å². The summed E-state index contributed by atoms with van der Waals surface area (Å²) in [5.41, 5.74) is 0. The molecular formula is C2H4IN3S. The Balaban J connectivity index is 3.36. The lowest BCUT2D eigenvalue weighted by atomic mass is 11.7. The van der Waals surface area contributed by atoms with Gasteiger partial charge in [-0.25, -0.2) is 4.40 Å². The highest BCUT2D eigenvalue weighted by atomic mass is 127. The van der Waals surface area contributed by atoms with Gasteiger partial charge in [0.1, 0.15) is 0 Å². The van der Waals surface area contributed by atoms with Crippen LogP contribution in [0.3, 0.4) is 0 Å². The monoisotopic (exact) mass is 229 g/mol. The number of halogens is 1. The third-order valence-corrected chi connectivity index (χ3v) is 1.50. The van der Waals surface area contributed by atoms with Gasteiger partial charge in [-0.15, -0.1) is 0 Å². The fourth-order valence-corrected chi connectivity index (χ4v) is 0.648. The van der Waals surface area contributed by atoms with Crippen LogP contribution in [0.15, 0.2) is 9.50 Å². The molecule has 0 heterocycles. The molecule has 0 rings (SSSR count). The molecule has 40 valence electrons. The molecule has 0 saturated carbocycles. The van der Waals surface area contributed by atoms with Gasteiger partial charge in [-0.1, -0.05) is 0 Å². The van der Waals surface area contributed by atoms with E-state index < -0.39 is 0 Å². The van der Waals surface area contributed by atoms with E-state index in [1.807, 2.05) is 22.6 Å². The van der Waals surface area contributed by atoms with Gasteiger partial charge in [0.05, 0.1) is 0 Å². The Morgan fingerprint density at radius 3 is 2.57 bits per heavy atom. The first-order valence-electron chi connectivity index (χ1n) is 1.37. The molecule has 0 aromatic carbocycles. The second-order valence-corrected chi connectivity index (χ2v) is 3.18. The van der Waals surface area contributed by atoms with Gasteiger partial charge in [-0.05, 0) is 29.3 Å². The zero-order chi connectivity index (χ0) is 5.70. The first kappa shape index (κ1) is 7.22. The van der Waals surface area contributed by atoms with E-state index in [0.717, 1.165) is 11.9 Å². The van der Waals surface area contributed by atoms with Gasteiger partial charge in [0.25, 0.3) is 0 Å². The van der Waals surface area contributed by atoms with E-state index in [9.17, 15) is 0 Å². The molecule has 0 saturated heterocycles. The number of nitrogens with two attached hydrogens (primary N) is 1. The summed E-state index contributed by atoms with van der Waals surface area (Å²) < 4.78 is 4.14. The normalized spacial score (nSPS) is 11.3. The fraction of sp³-hybridized carbons (Fsp3) is 0. The van der Waals surface area contributed by atoms with Crippen LogP contribution in [0, 0.1) is 0 Å². The Morgan fingerprint density at radius 1 is 1.86 bits per heavy atom. The van der Waals surface area contributed by atoms with Crippen molar-refractivity contribution in [3.05, 3.63) is 0 Å². The summed E-state index contributed by atoms with van der Waals surface area (Å²) in [5, 5.41) is 3.31. The summed E-state index contributed by atoms with van der Waals surface area (Å²) in [6.45, 7) is 3.22. The minimum atomic E-state index is 0.688. The van der Waals surface area contributed by atoms with Crippen LogP contribution in [-0.2, 0) is 0 Å². The maximum atomic E-state index is 4.83. The van der Waals surface area contributed by atoms with Crippen LogP contribution in [-0.4, -0.2) is 9.77 Å². The van der Waals surface area contributed by atoms with Gasteiger partial charge in [0.15, 0.2) is 3.05 Å². The number of rotatable bonds is 1. The lowest BCUT2D eigenvalue weighted by molar-refractivity contribution is 1.27. The molecule has 0 atom stereocenters. The lowest BCUT2D eigenvalue weighted by Gasteiger charge is -1.81. The topological polar surface area (TPSA) is 50.7 Å². The summed E-state index contributed by atoms with van der Waals surface area (Å²) >= 11 is 3.12. The fourth-order valence-electron chi connectivity index (χ4n) is 0.0768. The summed E-state index contributed by atoms with van der Waals surface area (Å²) in [5.74, 6) is 4.83. The molecule has 0 aromatic rings. The quantitative estimate of drug-likeness (QED) is 0.182. The highest BCUT2D eigenvalue weighted by Gasteiger charge is 1.84. The first-order chi connectivity index (χ1) is 3.31. The molecule has 0 aliphatic rings. The molecule has 0 unspecified atom stereocenters. The molecule has 0 amide bonds. The SMILES string of the molecule is C=NS/C(I)=N\N. The van der Waals surface area contributed by atoms with E-state index in [1.165, 1.54) is 0 Å². The Hall–Kier alpha value is 0.220. The molecule has 7 heavy (non-hydrogen) atoms. The Morgan fingerprint density at radius 2 is 2.43 bits per heavy atom. The summed E-state index contributed by atoms with van der Waals surface area (Å²) in [6, 6.07) is 0. The van der Waals surface area contributed by atoms with Gasteiger partial charge in [0.2, 0.25) is 0 Å². The van der Waals surface area contributed by atoms with E-state index in [1.54, 1.807) is 0 Å². The second-order valence-electron chi connectivity index (χ2n) is 0.602. The van der Waals surface area contributed by atoms with Gasteiger partial charge in [0, 0.05) is 11.9 Å². The third kappa shape index (κ3) is 4.07. The van der Waals surface area contributed by atoms with Crippen molar-refractivity contribution >= 4 is 44.3 Å². The number of hydrazone groups is 1. The third-order valence-electron chi connectivity index (χ3n) is 0.241. The largest absolute Gasteiger partial charge is 0.322 e. The summed E-state index contributed by atoms with van der Waals surface area (Å²) in [7, 11) is 0. The summed E-state index contributed by atoms with van der Waals surface area (Å²) in [6.07, 6.45) is 0. The zero-order valence-electron chi connectivity index (χ0n) is 3.47. The standard InChI is InChI=1S/C2H4IN3S/c1-5-7-2(3)6-4/h1,4H2/b6-2-. The van der Waals surface area contributed by atoms with Crippen LogP contribution in [0.5, 0.6) is 0 Å². The van der Waals surface area contributed by atoms with Gasteiger partial charge < -0.3 is 5.84 Å². The first-order valence-corrected chi connectivity index (χ1v) is 3.23. The van der Waals surface area contributed by atoms with Crippen molar-refractivity contribution in [1.29, 1.82) is 0 Å². The van der Waals surface area contributed by atoms with Gasteiger partial charge in [-0.3, -0.25) is 0 Å². The Bertz CT molecular complexity index is 90.9. The number of hydrogen-bond donors (Lipinski definition) is 1. The molecule has 0 bridgehead atoms. The van der Waals surface area contributed by atoms with Gasteiger partial charge >= 0.3 is 0 Å². The smallest absolute Gasteiger partial charge is 0.175 e. The molecule has 2 N–H and O–H groups in total. The Kier molecular flexibility index (Phi) is 4.52. The average Bonchev–Trinajstić information content (AvgIpc) is 1.68. The van der Waals surface area contributed by atoms with Gasteiger partial charge in [-0.2, -0.15) is 5.10 Å². The second kappa shape index (κ2) is 4.38. The van der Waals surface area contributed by atoms with Crippen molar-refractivity contribution in [2.75, 3.05) is 0 Å². The van der Waals surface area contributed by atoms with Crippen LogP contribution in [0.25, 0.3) is 0 Å². The van der Waals surface area contributed by atoms with Crippen LogP contribution < -0.4 is 5.84 Å². The minimum absolute atomic E-state index is 0.688. The Labute approximate surface area is 59.7 Å². The zero-order valence-corrected chi connectivity index (χ0v) is 6.44. The number of nitrogens with zero attached hydrogens (tertiary/aromatic N) is 2. The van der Waals surface area contributed by atoms with Crippen LogP contribution >= 0.6 is 34.5 Å². The molecule has 0 aliphatic carbocycles. The van der Waals surface area contributed by atoms with Crippen molar-refractivity contribution < 1.29 is 0 Å². The average molecular weight is 229 g/mol.